The van der Waals surface area contributed by atoms with E-state index in [2.05, 4.69) is 5.32 Å². The van der Waals surface area contributed by atoms with Crippen LogP contribution in [0, 0.1) is 13.8 Å². The third kappa shape index (κ3) is 2.36. The van der Waals surface area contributed by atoms with Gasteiger partial charge in [0.05, 0.1) is 0 Å². The van der Waals surface area contributed by atoms with Crippen LogP contribution in [0.5, 0.6) is 0 Å². The zero-order chi connectivity index (χ0) is 10.0. The molecule has 0 atom stereocenters. The van der Waals surface area contributed by atoms with Gasteiger partial charge in [0.15, 0.2) is 0 Å². The van der Waals surface area contributed by atoms with E-state index in [1.54, 1.807) is 12.1 Å². The van der Waals surface area contributed by atoms with Gasteiger partial charge in [-0.25, -0.2) is 4.79 Å². The molecule has 0 heterocycles. The lowest BCUT2D eigenvalue weighted by Gasteiger charge is -2.09. The lowest BCUT2D eigenvalue weighted by Crippen LogP contribution is -2.09. The number of aryl methyl sites for hydroxylation is 2. The second kappa shape index (κ2) is 3.66. The molecule has 0 spiro atoms. The van der Waals surface area contributed by atoms with Crippen LogP contribution in [-0.2, 0) is 0 Å². The first kappa shape index (κ1) is 9.86. The summed E-state index contributed by atoms with van der Waals surface area (Å²) in [5, 5.41) is 11.5. The summed E-state index contributed by atoms with van der Waals surface area (Å²) in [6, 6.07) is 3.44. The minimum absolute atomic E-state index is 0.608. The molecule has 0 radical (unpaired) electrons. The predicted molar refractivity (Wildman–Crippen MR) is 52.6 cm³/mol. The van der Waals surface area contributed by atoms with Crippen molar-refractivity contribution in [2.75, 3.05) is 5.32 Å². The van der Waals surface area contributed by atoms with Crippen LogP contribution >= 0.6 is 11.6 Å². The van der Waals surface area contributed by atoms with Crippen molar-refractivity contribution in [1.29, 1.82) is 0 Å². The number of halogens is 1. The SMILES string of the molecule is Cc1cc(Cl)cc(C)c1NC(=O)O. The molecule has 2 N–H and O–H groups in total. The summed E-state index contributed by atoms with van der Waals surface area (Å²) in [5.74, 6) is 0. The van der Waals surface area contributed by atoms with E-state index in [1.165, 1.54) is 0 Å². The lowest BCUT2D eigenvalue weighted by atomic mass is 10.1. The number of carboxylic acid groups (broad SMARTS) is 1. The highest BCUT2D eigenvalue weighted by Gasteiger charge is 2.06. The molecule has 0 aliphatic rings. The van der Waals surface area contributed by atoms with Gasteiger partial charge in [-0.2, -0.15) is 0 Å². The van der Waals surface area contributed by atoms with Gasteiger partial charge in [-0.3, -0.25) is 5.32 Å². The Morgan fingerprint density at radius 3 is 2.23 bits per heavy atom. The zero-order valence-electron chi connectivity index (χ0n) is 7.39. The van der Waals surface area contributed by atoms with E-state index >= 15 is 0 Å². The van der Waals surface area contributed by atoms with Crippen molar-refractivity contribution in [3.63, 3.8) is 0 Å². The minimum Gasteiger partial charge on any atom is -0.465 e. The summed E-state index contributed by atoms with van der Waals surface area (Å²) >= 11 is 5.78. The van der Waals surface area contributed by atoms with E-state index in [4.69, 9.17) is 16.7 Å². The fourth-order valence-corrected chi connectivity index (χ4v) is 1.54. The van der Waals surface area contributed by atoms with Gasteiger partial charge in [0.2, 0.25) is 0 Å². The summed E-state index contributed by atoms with van der Waals surface area (Å²) < 4.78 is 0. The molecule has 0 fully saturated rings. The predicted octanol–water partition coefficient (Wildman–Crippen LogP) is 3.05. The normalized spacial score (nSPS) is 9.77. The van der Waals surface area contributed by atoms with Gasteiger partial charge in [-0.1, -0.05) is 11.6 Å². The highest BCUT2D eigenvalue weighted by atomic mass is 35.5. The highest BCUT2D eigenvalue weighted by Crippen LogP contribution is 2.24. The van der Waals surface area contributed by atoms with Gasteiger partial charge in [0, 0.05) is 10.7 Å². The van der Waals surface area contributed by atoms with Gasteiger partial charge < -0.3 is 5.11 Å². The van der Waals surface area contributed by atoms with Crippen molar-refractivity contribution >= 4 is 23.4 Å². The summed E-state index contributed by atoms with van der Waals surface area (Å²) in [6.45, 7) is 3.62. The van der Waals surface area contributed by atoms with Crippen LogP contribution in [0.25, 0.3) is 0 Å². The largest absolute Gasteiger partial charge is 0.465 e. The molecule has 13 heavy (non-hydrogen) atoms. The van der Waals surface area contributed by atoms with Gasteiger partial charge >= 0.3 is 6.09 Å². The van der Waals surface area contributed by atoms with Gasteiger partial charge in [-0.15, -0.1) is 0 Å². The maximum absolute atomic E-state index is 10.4. The molecule has 0 aliphatic carbocycles. The molecule has 1 amide bonds. The van der Waals surface area contributed by atoms with E-state index in [-0.39, 0.29) is 0 Å². The average molecular weight is 200 g/mol. The van der Waals surface area contributed by atoms with Crippen LogP contribution in [0.15, 0.2) is 12.1 Å². The first-order chi connectivity index (χ1) is 6.00. The van der Waals surface area contributed by atoms with E-state index in [0.717, 1.165) is 11.1 Å². The second-order valence-electron chi connectivity index (χ2n) is 2.84. The molecule has 0 saturated carbocycles. The highest BCUT2D eigenvalue weighted by molar-refractivity contribution is 6.30. The standard InChI is InChI=1S/C9H10ClNO2/c1-5-3-7(10)4-6(2)8(5)11-9(12)13/h3-4,11H,1-2H3,(H,12,13). The Bertz CT molecular complexity index is 326. The third-order valence-corrected chi connectivity index (χ3v) is 1.95. The first-order valence-corrected chi connectivity index (χ1v) is 4.15. The molecule has 1 aromatic rings. The Balaban J connectivity index is 3.13. The van der Waals surface area contributed by atoms with E-state index in [1.807, 2.05) is 13.8 Å². The van der Waals surface area contributed by atoms with Crippen molar-refractivity contribution in [3.8, 4) is 0 Å². The molecule has 0 bridgehead atoms. The maximum atomic E-state index is 10.4. The second-order valence-corrected chi connectivity index (χ2v) is 3.28. The Hall–Kier alpha value is -1.22. The molecule has 3 nitrogen and oxygen atoms in total. The molecule has 0 saturated heterocycles. The fraction of sp³-hybridized carbons (Fsp3) is 0.222. The number of rotatable bonds is 1. The number of benzene rings is 1. The zero-order valence-corrected chi connectivity index (χ0v) is 8.14. The average Bonchev–Trinajstić information content (AvgIpc) is 1.96. The van der Waals surface area contributed by atoms with Crippen LogP contribution in [0.3, 0.4) is 0 Å². The summed E-state index contributed by atoms with van der Waals surface area (Å²) in [6.07, 6.45) is -1.06. The number of carbonyl (C=O) groups is 1. The Morgan fingerprint density at radius 2 is 1.85 bits per heavy atom. The number of anilines is 1. The molecule has 0 aliphatic heterocycles. The summed E-state index contributed by atoms with van der Waals surface area (Å²) in [4.78, 5) is 10.4. The molecule has 0 unspecified atom stereocenters. The maximum Gasteiger partial charge on any atom is 0.409 e. The topological polar surface area (TPSA) is 49.3 Å². The van der Waals surface area contributed by atoms with Crippen molar-refractivity contribution in [1.82, 2.24) is 0 Å². The Labute approximate surface area is 81.3 Å². The van der Waals surface area contributed by atoms with Crippen LogP contribution in [0.4, 0.5) is 10.5 Å². The minimum atomic E-state index is -1.06. The van der Waals surface area contributed by atoms with E-state index in [9.17, 15) is 4.79 Å². The van der Waals surface area contributed by atoms with E-state index in [0.29, 0.717) is 10.7 Å². The number of amides is 1. The van der Waals surface area contributed by atoms with Crippen LogP contribution in [0.1, 0.15) is 11.1 Å². The summed E-state index contributed by atoms with van der Waals surface area (Å²) in [5.41, 5.74) is 2.26. The van der Waals surface area contributed by atoms with Gasteiger partial charge in [0.1, 0.15) is 0 Å². The quantitative estimate of drug-likeness (QED) is 0.731. The van der Waals surface area contributed by atoms with Gasteiger partial charge in [0.25, 0.3) is 0 Å². The van der Waals surface area contributed by atoms with Crippen LogP contribution < -0.4 is 5.32 Å². The smallest absolute Gasteiger partial charge is 0.409 e. The molecule has 1 aromatic carbocycles. The number of hydrogen-bond acceptors (Lipinski definition) is 1. The monoisotopic (exact) mass is 199 g/mol. The molecule has 70 valence electrons. The van der Waals surface area contributed by atoms with Crippen molar-refractivity contribution in [3.05, 3.63) is 28.3 Å². The molecular weight excluding hydrogens is 190 g/mol. The Morgan fingerprint density at radius 1 is 1.38 bits per heavy atom. The van der Waals surface area contributed by atoms with Crippen molar-refractivity contribution in [2.24, 2.45) is 0 Å². The van der Waals surface area contributed by atoms with E-state index < -0.39 is 6.09 Å². The number of hydrogen-bond donors (Lipinski definition) is 2. The lowest BCUT2D eigenvalue weighted by molar-refractivity contribution is 0.209. The van der Waals surface area contributed by atoms with Crippen molar-refractivity contribution in [2.45, 2.75) is 13.8 Å². The van der Waals surface area contributed by atoms with Gasteiger partial charge in [-0.05, 0) is 37.1 Å². The molecule has 1 rings (SSSR count). The molecular formula is C9H10ClNO2. The molecule has 0 aromatic heterocycles. The number of nitrogens with one attached hydrogen (secondary N) is 1. The molecule has 4 heteroatoms. The van der Waals surface area contributed by atoms with Crippen molar-refractivity contribution < 1.29 is 9.90 Å². The fourth-order valence-electron chi connectivity index (χ4n) is 1.21. The first-order valence-electron chi connectivity index (χ1n) is 3.77. The summed E-state index contributed by atoms with van der Waals surface area (Å²) in [7, 11) is 0. The van der Waals surface area contributed by atoms with Crippen LogP contribution in [-0.4, -0.2) is 11.2 Å². The van der Waals surface area contributed by atoms with Crippen LogP contribution in [0.2, 0.25) is 5.02 Å². The Kier molecular flexibility index (Phi) is 2.78. The third-order valence-electron chi connectivity index (χ3n) is 1.73.